The van der Waals surface area contributed by atoms with E-state index in [1.165, 1.54) is 11.3 Å². The van der Waals surface area contributed by atoms with E-state index in [1.54, 1.807) is 17.5 Å². The molecule has 16 heavy (non-hydrogen) atoms. The van der Waals surface area contributed by atoms with Gasteiger partial charge in [-0.1, -0.05) is 13.0 Å². The van der Waals surface area contributed by atoms with Crippen LogP contribution in [0.3, 0.4) is 0 Å². The molecule has 6 heteroatoms. The van der Waals surface area contributed by atoms with E-state index in [0.717, 1.165) is 0 Å². The summed E-state index contributed by atoms with van der Waals surface area (Å²) in [6, 6.07) is 2.50. The summed E-state index contributed by atoms with van der Waals surface area (Å²) in [6.45, 7) is 2.68. The van der Waals surface area contributed by atoms with Crippen LogP contribution in [0.25, 0.3) is 0 Å². The number of aliphatic carboxylic acids is 1. The molecule has 0 aliphatic heterocycles. The summed E-state index contributed by atoms with van der Waals surface area (Å²) in [5.41, 5.74) is 0. The van der Waals surface area contributed by atoms with E-state index in [0.29, 0.717) is 11.4 Å². The predicted molar refractivity (Wildman–Crippen MR) is 61.4 cm³/mol. The predicted octanol–water partition coefficient (Wildman–Crippen LogP) is 0.600. The van der Waals surface area contributed by atoms with Gasteiger partial charge in [-0.25, -0.2) is 4.79 Å². The lowest BCUT2D eigenvalue weighted by Gasteiger charge is -2.12. The van der Waals surface area contributed by atoms with Gasteiger partial charge in [-0.15, -0.1) is 11.3 Å². The molecular formula is C10H14N2O3S. The van der Waals surface area contributed by atoms with E-state index in [-0.39, 0.29) is 12.5 Å². The van der Waals surface area contributed by atoms with Gasteiger partial charge in [-0.2, -0.15) is 0 Å². The molecule has 1 aromatic rings. The van der Waals surface area contributed by atoms with Crippen LogP contribution in [0, 0.1) is 0 Å². The minimum atomic E-state index is -1.05. The molecule has 1 atom stereocenters. The Morgan fingerprint density at radius 3 is 2.81 bits per heavy atom. The van der Waals surface area contributed by atoms with Gasteiger partial charge in [-0.05, 0) is 18.0 Å². The van der Waals surface area contributed by atoms with Crippen molar-refractivity contribution in [2.75, 3.05) is 13.1 Å². The van der Waals surface area contributed by atoms with Crippen molar-refractivity contribution in [3.8, 4) is 0 Å². The van der Waals surface area contributed by atoms with Crippen LogP contribution < -0.4 is 10.6 Å². The van der Waals surface area contributed by atoms with E-state index in [9.17, 15) is 9.59 Å². The second-order valence-corrected chi connectivity index (χ2v) is 4.11. The number of carboxylic acids is 1. The highest BCUT2D eigenvalue weighted by Crippen LogP contribution is 2.18. The van der Waals surface area contributed by atoms with E-state index in [4.69, 9.17) is 5.11 Å². The van der Waals surface area contributed by atoms with Gasteiger partial charge in [0.15, 0.2) is 6.04 Å². The third-order valence-corrected chi connectivity index (χ3v) is 2.85. The van der Waals surface area contributed by atoms with Crippen molar-refractivity contribution >= 4 is 23.2 Å². The molecule has 5 nitrogen and oxygen atoms in total. The molecule has 0 saturated carbocycles. The summed E-state index contributed by atoms with van der Waals surface area (Å²) < 4.78 is 0. The Morgan fingerprint density at radius 1 is 1.56 bits per heavy atom. The van der Waals surface area contributed by atoms with Crippen LogP contribution in [-0.4, -0.2) is 30.1 Å². The van der Waals surface area contributed by atoms with E-state index in [2.05, 4.69) is 10.6 Å². The van der Waals surface area contributed by atoms with Crippen LogP contribution in [0.1, 0.15) is 17.8 Å². The van der Waals surface area contributed by atoms with Crippen LogP contribution in [0.4, 0.5) is 0 Å². The Balaban J connectivity index is 2.59. The second-order valence-electron chi connectivity index (χ2n) is 3.13. The molecule has 1 rings (SSSR count). The molecule has 1 heterocycles. The smallest absolute Gasteiger partial charge is 0.331 e. The summed E-state index contributed by atoms with van der Waals surface area (Å²) in [7, 11) is 0. The standard InChI is InChI=1S/C10H14N2O3S/c1-2-11-6-8(13)12-9(10(14)15)7-4-3-5-16-7/h3-5,9,11H,2,6H2,1H3,(H,12,13)(H,14,15). The molecule has 0 spiro atoms. The molecule has 0 aliphatic carbocycles. The molecule has 0 saturated heterocycles. The maximum absolute atomic E-state index is 11.4. The molecular weight excluding hydrogens is 228 g/mol. The molecule has 0 aliphatic rings. The number of thiophene rings is 1. The van der Waals surface area contributed by atoms with Gasteiger partial charge in [0.1, 0.15) is 0 Å². The lowest BCUT2D eigenvalue weighted by atomic mass is 10.2. The maximum atomic E-state index is 11.4. The third-order valence-electron chi connectivity index (χ3n) is 1.92. The van der Waals surface area contributed by atoms with Crippen molar-refractivity contribution < 1.29 is 14.7 Å². The van der Waals surface area contributed by atoms with Crippen molar-refractivity contribution in [1.29, 1.82) is 0 Å². The number of hydrogen-bond acceptors (Lipinski definition) is 4. The first-order chi connectivity index (χ1) is 7.65. The molecule has 1 unspecified atom stereocenters. The number of amides is 1. The molecule has 0 aromatic carbocycles. The molecule has 0 bridgehead atoms. The summed E-state index contributed by atoms with van der Waals surface area (Å²) in [5.74, 6) is -1.37. The Morgan fingerprint density at radius 2 is 2.31 bits per heavy atom. The Labute approximate surface area is 97.5 Å². The molecule has 1 amide bonds. The highest BCUT2D eigenvalue weighted by atomic mass is 32.1. The van der Waals surface area contributed by atoms with Gasteiger partial charge < -0.3 is 15.7 Å². The van der Waals surface area contributed by atoms with Crippen molar-refractivity contribution in [1.82, 2.24) is 10.6 Å². The molecule has 1 aromatic heterocycles. The van der Waals surface area contributed by atoms with Crippen LogP contribution in [0.2, 0.25) is 0 Å². The number of nitrogens with one attached hydrogen (secondary N) is 2. The SMILES string of the molecule is CCNCC(=O)NC(C(=O)O)c1cccs1. The Hall–Kier alpha value is -1.40. The number of rotatable bonds is 6. The fraction of sp³-hybridized carbons (Fsp3) is 0.400. The van der Waals surface area contributed by atoms with Crippen LogP contribution >= 0.6 is 11.3 Å². The molecule has 0 fully saturated rings. The van der Waals surface area contributed by atoms with Gasteiger partial charge in [0.05, 0.1) is 6.54 Å². The zero-order chi connectivity index (χ0) is 12.0. The number of carbonyl (C=O) groups is 2. The van der Waals surface area contributed by atoms with E-state index >= 15 is 0 Å². The first-order valence-electron chi connectivity index (χ1n) is 4.91. The average molecular weight is 242 g/mol. The monoisotopic (exact) mass is 242 g/mol. The van der Waals surface area contributed by atoms with Crippen molar-refractivity contribution in [3.05, 3.63) is 22.4 Å². The van der Waals surface area contributed by atoms with Gasteiger partial charge in [0, 0.05) is 4.88 Å². The molecule has 3 N–H and O–H groups in total. The fourth-order valence-corrected chi connectivity index (χ4v) is 1.93. The van der Waals surface area contributed by atoms with E-state index in [1.807, 2.05) is 6.92 Å². The first-order valence-corrected chi connectivity index (χ1v) is 5.79. The maximum Gasteiger partial charge on any atom is 0.331 e. The summed E-state index contributed by atoms with van der Waals surface area (Å²) in [4.78, 5) is 23.0. The summed E-state index contributed by atoms with van der Waals surface area (Å²) >= 11 is 1.31. The lowest BCUT2D eigenvalue weighted by molar-refractivity contribution is -0.141. The quantitative estimate of drug-likeness (QED) is 0.682. The summed E-state index contributed by atoms with van der Waals surface area (Å²) in [5, 5.41) is 16.1. The zero-order valence-corrected chi connectivity index (χ0v) is 9.71. The largest absolute Gasteiger partial charge is 0.479 e. The topological polar surface area (TPSA) is 78.4 Å². The van der Waals surface area contributed by atoms with Gasteiger partial charge in [0.25, 0.3) is 0 Å². The Kier molecular flexibility index (Phi) is 4.94. The minimum absolute atomic E-state index is 0.131. The fourth-order valence-electron chi connectivity index (χ4n) is 1.16. The zero-order valence-electron chi connectivity index (χ0n) is 8.90. The highest BCUT2D eigenvalue weighted by Gasteiger charge is 2.22. The van der Waals surface area contributed by atoms with Crippen molar-refractivity contribution in [3.63, 3.8) is 0 Å². The lowest BCUT2D eigenvalue weighted by Crippen LogP contribution is -2.38. The highest BCUT2D eigenvalue weighted by molar-refractivity contribution is 7.10. The Bertz CT molecular complexity index is 351. The van der Waals surface area contributed by atoms with Crippen LogP contribution in [0.5, 0.6) is 0 Å². The normalized spacial score (nSPS) is 12.1. The van der Waals surface area contributed by atoms with E-state index < -0.39 is 12.0 Å². The van der Waals surface area contributed by atoms with Crippen LogP contribution in [-0.2, 0) is 9.59 Å². The van der Waals surface area contributed by atoms with Gasteiger partial charge in [0.2, 0.25) is 5.91 Å². The van der Waals surface area contributed by atoms with Crippen molar-refractivity contribution in [2.24, 2.45) is 0 Å². The molecule has 88 valence electrons. The summed E-state index contributed by atoms with van der Waals surface area (Å²) in [6.07, 6.45) is 0. The second kappa shape index (κ2) is 6.24. The third kappa shape index (κ3) is 3.63. The van der Waals surface area contributed by atoms with Gasteiger partial charge in [-0.3, -0.25) is 4.79 Å². The number of likely N-dealkylation sites (N-methyl/N-ethyl adjacent to an activating group) is 1. The first kappa shape index (κ1) is 12.7. The molecule has 0 radical (unpaired) electrons. The number of carboxylic acid groups (broad SMARTS) is 1. The van der Waals surface area contributed by atoms with Crippen LogP contribution in [0.15, 0.2) is 17.5 Å². The minimum Gasteiger partial charge on any atom is -0.479 e. The average Bonchev–Trinajstić information content (AvgIpc) is 2.75. The van der Waals surface area contributed by atoms with Gasteiger partial charge >= 0.3 is 5.97 Å². The number of carbonyl (C=O) groups excluding carboxylic acids is 1. The van der Waals surface area contributed by atoms with Crippen molar-refractivity contribution in [2.45, 2.75) is 13.0 Å². The number of hydrogen-bond donors (Lipinski definition) is 3.